The number of esters is 1. The maximum Gasteiger partial charge on any atom is 0.305 e. The number of nitrogens with zero attached hydrogens (tertiary/aromatic N) is 1. The molecule has 3 heteroatoms. The van der Waals surface area contributed by atoms with Gasteiger partial charge in [-0.1, -0.05) is 24.6 Å². The topological polar surface area (TPSA) is 50.1 Å². The summed E-state index contributed by atoms with van der Waals surface area (Å²) >= 11 is 0. The van der Waals surface area contributed by atoms with Crippen LogP contribution in [0.2, 0.25) is 0 Å². The third-order valence-electron chi connectivity index (χ3n) is 3.73. The summed E-state index contributed by atoms with van der Waals surface area (Å²) in [6, 6.07) is 9.87. The first-order valence-electron chi connectivity index (χ1n) is 7.96. The Morgan fingerprint density at radius 3 is 2.64 bits per heavy atom. The van der Waals surface area contributed by atoms with E-state index < -0.39 is 0 Å². The molecule has 0 saturated heterocycles. The number of unbranched alkanes of at least 4 members (excludes halogenated alkanes) is 1. The third-order valence-corrected chi connectivity index (χ3v) is 3.73. The summed E-state index contributed by atoms with van der Waals surface area (Å²) in [7, 11) is 0. The van der Waals surface area contributed by atoms with E-state index in [1.807, 2.05) is 37.3 Å². The first kappa shape index (κ1) is 18.0. The molecule has 0 fully saturated rings. The fraction of sp³-hybridized carbons (Fsp3) is 0.474. The molecular formula is C19H25NO2. The van der Waals surface area contributed by atoms with E-state index in [0.29, 0.717) is 24.5 Å². The van der Waals surface area contributed by atoms with Gasteiger partial charge in [-0.25, -0.2) is 0 Å². The van der Waals surface area contributed by atoms with Crippen LogP contribution < -0.4 is 0 Å². The summed E-state index contributed by atoms with van der Waals surface area (Å²) in [5.74, 6) is 0.369. The zero-order chi connectivity index (χ0) is 16.2. The first-order chi connectivity index (χ1) is 10.7. The normalized spacial score (nSPS) is 11.5. The molecule has 0 heterocycles. The minimum atomic E-state index is -0.102. The van der Waals surface area contributed by atoms with Crippen molar-refractivity contribution >= 4 is 5.97 Å². The predicted molar refractivity (Wildman–Crippen MR) is 88.3 cm³/mol. The van der Waals surface area contributed by atoms with E-state index in [4.69, 9.17) is 10.00 Å². The Kier molecular flexibility index (Phi) is 8.67. The molecule has 0 spiro atoms. The van der Waals surface area contributed by atoms with Crippen molar-refractivity contribution < 1.29 is 9.53 Å². The van der Waals surface area contributed by atoms with Gasteiger partial charge in [0.05, 0.1) is 18.2 Å². The zero-order valence-electron chi connectivity index (χ0n) is 13.4. The number of rotatable bonds is 10. The Hall–Kier alpha value is -2.08. The van der Waals surface area contributed by atoms with Gasteiger partial charge in [-0.15, -0.1) is 6.58 Å². The molecule has 0 radical (unpaired) electrons. The van der Waals surface area contributed by atoms with Gasteiger partial charge in [0.25, 0.3) is 0 Å². The maximum atomic E-state index is 11.3. The molecule has 0 saturated carbocycles. The molecule has 0 bridgehead atoms. The van der Waals surface area contributed by atoms with E-state index in [0.717, 1.165) is 32.1 Å². The van der Waals surface area contributed by atoms with Crippen molar-refractivity contribution in [1.82, 2.24) is 0 Å². The molecule has 0 aliphatic rings. The van der Waals surface area contributed by atoms with Gasteiger partial charge < -0.3 is 4.74 Å². The summed E-state index contributed by atoms with van der Waals surface area (Å²) in [6.07, 6.45) is 7.50. The van der Waals surface area contributed by atoms with Gasteiger partial charge in [-0.2, -0.15) is 5.26 Å². The Balaban J connectivity index is 2.25. The molecular weight excluding hydrogens is 274 g/mol. The molecule has 1 aromatic rings. The SMILES string of the molecule is C=CC(CCCCC(=O)OCC)CCc1ccc(C#N)cc1. The molecule has 0 aromatic heterocycles. The Morgan fingerprint density at radius 2 is 2.05 bits per heavy atom. The fourth-order valence-electron chi connectivity index (χ4n) is 2.39. The van der Waals surface area contributed by atoms with Gasteiger partial charge in [0.15, 0.2) is 0 Å². The van der Waals surface area contributed by atoms with E-state index in [1.54, 1.807) is 0 Å². The molecule has 1 aromatic carbocycles. The number of aryl methyl sites for hydroxylation is 1. The van der Waals surface area contributed by atoms with Crippen LogP contribution in [0, 0.1) is 17.2 Å². The summed E-state index contributed by atoms with van der Waals surface area (Å²) in [6.45, 7) is 6.19. The predicted octanol–water partition coefficient (Wildman–Crippen LogP) is 4.42. The summed E-state index contributed by atoms with van der Waals surface area (Å²) < 4.78 is 4.92. The average Bonchev–Trinajstić information content (AvgIpc) is 2.55. The monoisotopic (exact) mass is 299 g/mol. The summed E-state index contributed by atoms with van der Waals surface area (Å²) in [4.78, 5) is 11.3. The molecule has 1 unspecified atom stereocenters. The number of ether oxygens (including phenoxy) is 1. The fourth-order valence-corrected chi connectivity index (χ4v) is 2.39. The molecule has 0 aliphatic carbocycles. The van der Waals surface area contributed by atoms with Crippen molar-refractivity contribution in [3.8, 4) is 6.07 Å². The molecule has 118 valence electrons. The van der Waals surface area contributed by atoms with E-state index in [1.165, 1.54) is 5.56 Å². The van der Waals surface area contributed by atoms with E-state index >= 15 is 0 Å². The highest BCUT2D eigenvalue weighted by Crippen LogP contribution is 2.18. The van der Waals surface area contributed by atoms with Crippen molar-refractivity contribution in [2.45, 2.75) is 45.4 Å². The van der Waals surface area contributed by atoms with Crippen LogP contribution in [0.4, 0.5) is 0 Å². The van der Waals surface area contributed by atoms with E-state index in [9.17, 15) is 4.79 Å². The Bertz CT molecular complexity index is 499. The molecule has 3 nitrogen and oxygen atoms in total. The molecule has 0 N–H and O–H groups in total. The highest BCUT2D eigenvalue weighted by molar-refractivity contribution is 5.69. The second-order valence-electron chi connectivity index (χ2n) is 5.39. The quantitative estimate of drug-likeness (QED) is 0.365. The van der Waals surface area contributed by atoms with Crippen LogP contribution in [0.3, 0.4) is 0 Å². The molecule has 0 amide bonds. The summed E-state index contributed by atoms with van der Waals surface area (Å²) in [5.41, 5.74) is 1.94. The van der Waals surface area contributed by atoms with E-state index in [2.05, 4.69) is 12.6 Å². The highest BCUT2D eigenvalue weighted by Gasteiger charge is 2.07. The second-order valence-corrected chi connectivity index (χ2v) is 5.39. The van der Waals surface area contributed by atoms with Gasteiger partial charge in [0.2, 0.25) is 0 Å². The molecule has 1 rings (SSSR count). The van der Waals surface area contributed by atoms with Crippen molar-refractivity contribution in [2.24, 2.45) is 5.92 Å². The van der Waals surface area contributed by atoms with Crippen LogP contribution in [0.1, 0.15) is 50.2 Å². The van der Waals surface area contributed by atoms with Crippen molar-refractivity contribution in [3.63, 3.8) is 0 Å². The Labute approximate surface area is 133 Å². The lowest BCUT2D eigenvalue weighted by atomic mass is 9.94. The largest absolute Gasteiger partial charge is 0.466 e. The first-order valence-corrected chi connectivity index (χ1v) is 7.96. The number of allylic oxidation sites excluding steroid dienone is 1. The minimum Gasteiger partial charge on any atom is -0.466 e. The number of carbonyl (C=O) groups excluding carboxylic acids is 1. The summed E-state index contributed by atoms with van der Waals surface area (Å²) in [5, 5.41) is 8.78. The van der Waals surface area contributed by atoms with Gasteiger partial charge in [0, 0.05) is 6.42 Å². The second kappa shape index (κ2) is 10.6. The lowest BCUT2D eigenvalue weighted by Gasteiger charge is -2.12. The van der Waals surface area contributed by atoms with Crippen LogP contribution in [0.25, 0.3) is 0 Å². The van der Waals surface area contributed by atoms with Gasteiger partial charge in [-0.05, 0) is 56.2 Å². The number of hydrogen-bond acceptors (Lipinski definition) is 3. The lowest BCUT2D eigenvalue weighted by molar-refractivity contribution is -0.143. The van der Waals surface area contributed by atoms with Crippen LogP contribution in [-0.4, -0.2) is 12.6 Å². The van der Waals surface area contributed by atoms with Gasteiger partial charge >= 0.3 is 5.97 Å². The molecule has 22 heavy (non-hydrogen) atoms. The number of nitriles is 1. The molecule has 1 atom stereocenters. The smallest absolute Gasteiger partial charge is 0.305 e. The van der Waals surface area contributed by atoms with Crippen LogP contribution >= 0.6 is 0 Å². The Morgan fingerprint density at radius 1 is 1.32 bits per heavy atom. The standard InChI is InChI=1S/C19H25NO2/c1-3-16(7-5-6-8-19(21)22-4-2)9-10-17-11-13-18(15-20)14-12-17/h3,11-14,16H,1,4-10H2,2H3. The van der Waals surface area contributed by atoms with Gasteiger partial charge in [-0.3, -0.25) is 4.79 Å². The van der Waals surface area contributed by atoms with Crippen molar-refractivity contribution in [2.75, 3.05) is 6.61 Å². The molecule has 0 aliphatic heterocycles. The van der Waals surface area contributed by atoms with Crippen molar-refractivity contribution in [1.29, 1.82) is 5.26 Å². The highest BCUT2D eigenvalue weighted by atomic mass is 16.5. The zero-order valence-corrected chi connectivity index (χ0v) is 13.4. The van der Waals surface area contributed by atoms with Crippen LogP contribution in [0.15, 0.2) is 36.9 Å². The number of benzene rings is 1. The average molecular weight is 299 g/mol. The number of carbonyl (C=O) groups is 1. The van der Waals surface area contributed by atoms with Crippen LogP contribution in [-0.2, 0) is 16.0 Å². The maximum absolute atomic E-state index is 11.3. The van der Waals surface area contributed by atoms with Crippen molar-refractivity contribution in [3.05, 3.63) is 48.0 Å². The van der Waals surface area contributed by atoms with Crippen LogP contribution in [0.5, 0.6) is 0 Å². The minimum absolute atomic E-state index is 0.102. The van der Waals surface area contributed by atoms with Gasteiger partial charge in [0.1, 0.15) is 0 Å². The lowest BCUT2D eigenvalue weighted by Crippen LogP contribution is -2.04. The number of hydrogen-bond donors (Lipinski definition) is 0. The van der Waals surface area contributed by atoms with E-state index in [-0.39, 0.29) is 5.97 Å². The third kappa shape index (κ3) is 7.08.